The van der Waals surface area contributed by atoms with E-state index in [1.165, 1.54) is 30.3 Å². The highest BCUT2D eigenvalue weighted by Crippen LogP contribution is 2.31. The molecule has 0 spiro atoms. The largest absolute Gasteiger partial charge is 0.490 e. The number of rotatable bonds is 9. The summed E-state index contributed by atoms with van der Waals surface area (Å²) < 4.78 is 11.5. The van der Waals surface area contributed by atoms with Crippen LogP contribution in [0.2, 0.25) is 10.0 Å². The average Bonchev–Trinajstić information content (AvgIpc) is 2.83. The van der Waals surface area contributed by atoms with E-state index in [4.69, 9.17) is 32.7 Å². The number of carbonyl (C=O) groups is 1. The minimum Gasteiger partial charge on any atom is -0.490 e. The van der Waals surface area contributed by atoms with E-state index in [-0.39, 0.29) is 17.9 Å². The van der Waals surface area contributed by atoms with E-state index in [0.717, 1.165) is 5.56 Å². The number of halogens is 2. The van der Waals surface area contributed by atoms with Crippen LogP contribution in [0.5, 0.6) is 11.5 Å². The summed E-state index contributed by atoms with van der Waals surface area (Å²) in [5.41, 5.74) is 1.34. The predicted molar refractivity (Wildman–Crippen MR) is 134 cm³/mol. The molecule has 10 heteroatoms. The van der Waals surface area contributed by atoms with E-state index in [1.807, 2.05) is 13.0 Å². The first kappa shape index (κ1) is 25.6. The molecule has 0 aliphatic carbocycles. The Hall–Kier alpha value is -4.06. The second-order valence-electron chi connectivity index (χ2n) is 7.09. The zero-order chi connectivity index (χ0) is 25.4. The number of nitrogens with zero attached hydrogens (tertiary/aromatic N) is 2. The predicted octanol–water partition coefficient (Wildman–Crippen LogP) is 6.42. The van der Waals surface area contributed by atoms with Gasteiger partial charge >= 0.3 is 0 Å². The van der Waals surface area contributed by atoms with Crippen LogP contribution in [-0.2, 0) is 11.4 Å². The minimum absolute atomic E-state index is 0.108. The molecule has 0 heterocycles. The highest BCUT2D eigenvalue weighted by molar-refractivity contribution is 6.35. The van der Waals surface area contributed by atoms with Crippen molar-refractivity contribution in [1.82, 2.24) is 0 Å². The van der Waals surface area contributed by atoms with Crippen LogP contribution in [0, 0.1) is 21.4 Å². The molecule has 0 saturated carbocycles. The van der Waals surface area contributed by atoms with E-state index >= 15 is 0 Å². The van der Waals surface area contributed by atoms with Gasteiger partial charge in [0.25, 0.3) is 11.6 Å². The van der Waals surface area contributed by atoms with Crippen molar-refractivity contribution in [2.45, 2.75) is 13.5 Å². The highest BCUT2D eigenvalue weighted by Gasteiger charge is 2.13. The van der Waals surface area contributed by atoms with Crippen LogP contribution in [0.3, 0.4) is 0 Å². The van der Waals surface area contributed by atoms with Crippen LogP contribution in [0.1, 0.15) is 18.1 Å². The van der Waals surface area contributed by atoms with Crippen LogP contribution < -0.4 is 14.8 Å². The number of nitrogens with one attached hydrogen (secondary N) is 1. The Balaban J connectivity index is 1.77. The highest BCUT2D eigenvalue weighted by atomic mass is 35.5. The van der Waals surface area contributed by atoms with Gasteiger partial charge in [0, 0.05) is 33.4 Å². The molecule has 0 aliphatic heterocycles. The van der Waals surface area contributed by atoms with Crippen molar-refractivity contribution in [3.63, 3.8) is 0 Å². The number of nitriles is 1. The fourth-order valence-corrected chi connectivity index (χ4v) is 3.44. The van der Waals surface area contributed by atoms with Crippen LogP contribution in [0.4, 0.5) is 11.4 Å². The summed E-state index contributed by atoms with van der Waals surface area (Å²) >= 11 is 12.1. The van der Waals surface area contributed by atoms with Crippen molar-refractivity contribution in [3.8, 4) is 17.6 Å². The van der Waals surface area contributed by atoms with Crippen molar-refractivity contribution in [2.24, 2.45) is 0 Å². The molecule has 0 unspecified atom stereocenters. The number of nitro benzene ring substituents is 1. The van der Waals surface area contributed by atoms with Gasteiger partial charge in [-0.05, 0) is 55.0 Å². The smallest absolute Gasteiger partial charge is 0.269 e. The third-order valence-electron chi connectivity index (χ3n) is 4.68. The number of carbonyl (C=O) groups excluding carboxylic acids is 1. The van der Waals surface area contributed by atoms with Gasteiger partial charge in [0.15, 0.2) is 11.5 Å². The molecule has 1 N–H and O–H groups in total. The Labute approximate surface area is 211 Å². The Kier molecular flexibility index (Phi) is 8.68. The number of anilines is 1. The fourth-order valence-electron chi connectivity index (χ4n) is 2.98. The first-order chi connectivity index (χ1) is 16.8. The first-order valence-corrected chi connectivity index (χ1v) is 11.1. The Morgan fingerprint density at radius 1 is 1.09 bits per heavy atom. The number of hydrogen-bond acceptors (Lipinski definition) is 6. The standard InChI is InChI=1S/C25H19Cl2N3O5/c1-2-34-24-12-16(3-10-23(24)35-15-17-4-5-19(26)13-22(17)27)11-18(14-28)25(31)29-20-6-8-21(9-7-20)30(32)33/h3-13H,2,15H2,1H3,(H,29,31)/b18-11-. The third-order valence-corrected chi connectivity index (χ3v) is 5.26. The maximum atomic E-state index is 12.5. The van der Waals surface area contributed by atoms with Crippen LogP contribution >= 0.6 is 23.2 Å². The molecule has 1 amide bonds. The lowest BCUT2D eigenvalue weighted by Crippen LogP contribution is -2.13. The monoisotopic (exact) mass is 511 g/mol. The molecule has 0 aromatic heterocycles. The quantitative estimate of drug-likeness (QED) is 0.153. The number of ether oxygens (including phenoxy) is 2. The van der Waals surface area contributed by atoms with E-state index in [9.17, 15) is 20.2 Å². The van der Waals surface area contributed by atoms with Gasteiger partial charge in [-0.1, -0.05) is 35.3 Å². The molecular formula is C25H19Cl2N3O5. The normalized spacial score (nSPS) is 10.9. The van der Waals surface area contributed by atoms with E-state index < -0.39 is 10.8 Å². The minimum atomic E-state index is -0.656. The zero-order valence-electron chi connectivity index (χ0n) is 18.5. The lowest BCUT2D eigenvalue weighted by atomic mass is 10.1. The molecular weight excluding hydrogens is 493 g/mol. The molecule has 8 nitrogen and oxygen atoms in total. The molecule has 3 aromatic carbocycles. The van der Waals surface area contributed by atoms with Gasteiger partial charge in [-0.2, -0.15) is 5.26 Å². The third kappa shape index (κ3) is 6.96. The molecule has 3 rings (SSSR count). The molecule has 0 radical (unpaired) electrons. The summed E-state index contributed by atoms with van der Waals surface area (Å²) in [6.45, 7) is 2.38. The van der Waals surface area contributed by atoms with Gasteiger partial charge in [-0.15, -0.1) is 0 Å². The molecule has 178 valence electrons. The van der Waals surface area contributed by atoms with Crippen molar-refractivity contribution in [1.29, 1.82) is 5.26 Å². The average molecular weight is 512 g/mol. The second-order valence-corrected chi connectivity index (χ2v) is 7.94. The van der Waals surface area contributed by atoms with Gasteiger partial charge < -0.3 is 14.8 Å². The van der Waals surface area contributed by atoms with Crippen molar-refractivity contribution in [3.05, 3.63) is 97.5 Å². The molecule has 35 heavy (non-hydrogen) atoms. The van der Waals surface area contributed by atoms with Crippen LogP contribution in [0.25, 0.3) is 6.08 Å². The first-order valence-electron chi connectivity index (χ1n) is 10.3. The molecule has 0 saturated heterocycles. The number of non-ortho nitro benzene ring substituents is 1. The number of benzene rings is 3. The lowest BCUT2D eigenvalue weighted by Gasteiger charge is -2.13. The Bertz CT molecular complexity index is 1320. The maximum Gasteiger partial charge on any atom is 0.269 e. The number of hydrogen-bond donors (Lipinski definition) is 1. The van der Waals surface area contributed by atoms with E-state index in [1.54, 1.807) is 36.4 Å². The molecule has 3 aromatic rings. The maximum absolute atomic E-state index is 12.5. The molecule has 0 aliphatic rings. The lowest BCUT2D eigenvalue weighted by molar-refractivity contribution is -0.384. The second kappa shape index (κ2) is 11.9. The van der Waals surface area contributed by atoms with Gasteiger partial charge in [0.1, 0.15) is 18.2 Å². The molecule has 0 atom stereocenters. The van der Waals surface area contributed by atoms with E-state index in [2.05, 4.69) is 5.32 Å². The van der Waals surface area contributed by atoms with Crippen molar-refractivity contribution >= 4 is 46.6 Å². The van der Waals surface area contributed by atoms with Crippen LogP contribution in [0.15, 0.2) is 66.2 Å². The van der Waals surface area contributed by atoms with Gasteiger partial charge in [-0.3, -0.25) is 14.9 Å². The fraction of sp³-hybridized carbons (Fsp3) is 0.120. The number of nitro groups is 1. The summed E-state index contributed by atoms with van der Waals surface area (Å²) in [5.74, 6) is 0.236. The summed E-state index contributed by atoms with van der Waals surface area (Å²) in [6.07, 6.45) is 1.41. The van der Waals surface area contributed by atoms with Gasteiger partial charge in [-0.25, -0.2) is 0 Å². The van der Waals surface area contributed by atoms with Gasteiger partial charge in [0.2, 0.25) is 0 Å². The summed E-state index contributed by atoms with van der Waals surface area (Å²) in [6, 6.07) is 17.3. The number of amides is 1. The Morgan fingerprint density at radius 3 is 2.46 bits per heavy atom. The molecule has 0 bridgehead atoms. The van der Waals surface area contributed by atoms with Crippen molar-refractivity contribution in [2.75, 3.05) is 11.9 Å². The SMILES string of the molecule is CCOc1cc(/C=C(/C#N)C(=O)Nc2ccc([N+](=O)[O-])cc2)ccc1OCc1ccc(Cl)cc1Cl. The topological polar surface area (TPSA) is 114 Å². The Morgan fingerprint density at radius 2 is 1.83 bits per heavy atom. The van der Waals surface area contributed by atoms with Crippen molar-refractivity contribution < 1.29 is 19.2 Å². The summed E-state index contributed by atoms with van der Waals surface area (Å²) in [4.78, 5) is 22.8. The van der Waals surface area contributed by atoms with Crippen LogP contribution in [-0.4, -0.2) is 17.4 Å². The summed E-state index contributed by atoms with van der Waals surface area (Å²) in [5, 5.41) is 23.8. The zero-order valence-corrected chi connectivity index (χ0v) is 20.0. The summed E-state index contributed by atoms with van der Waals surface area (Å²) in [7, 11) is 0. The molecule has 0 fully saturated rings. The van der Waals surface area contributed by atoms with Gasteiger partial charge in [0.05, 0.1) is 11.5 Å². The van der Waals surface area contributed by atoms with E-state index in [0.29, 0.717) is 39.4 Å².